The smallest absolute Gasteiger partial charge is 0.347 e. The lowest BCUT2D eigenvalue weighted by molar-refractivity contribution is 0.0697. The number of nitrogens with one attached hydrogen (secondary N) is 1. The number of aromatic nitrogens is 1. The summed E-state index contributed by atoms with van der Waals surface area (Å²) in [5.74, 6) is -0.917. The maximum absolute atomic E-state index is 11.2. The molecule has 1 fully saturated rings. The van der Waals surface area contributed by atoms with Crippen LogP contribution in [0.15, 0.2) is 0 Å². The molecule has 1 aromatic heterocycles. The fraction of sp³-hybridized carbons (Fsp3) is 0.692. The largest absolute Gasteiger partial charge is 0.477 e. The Labute approximate surface area is 122 Å². The minimum atomic E-state index is -0.917. The first-order valence-corrected chi connectivity index (χ1v) is 7.66. The predicted octanol–water partition coefficient (Wildman–Crippen LogP) is 0.826. The molecule has 0 aromatic carbocycles. The number of aromatic carboxylic acids is 1. The van der Waals surface area contributed by atoms with Crippen molar-refractivity contribution in [3.05, 3.63) is 15.6 Å². The SMILES string of the molecule is COCc1nc(CCN2CCCNCC2)sc1C(=O)O. The first-order valence-electron chi connectivity index (χ1n) is 6.84. The van der Waals surface area contributed by atoms with Gasteiger partial charge in [0.15, 0.2) is 0 Å². The molecule has 2 rings (SSSR count). The van der Waals surface area contributed by atoms with E-state index >= 15 is 0 Å². The average molecular weight is 299 g/mol. The van der Waals surface area contributed by atoms with Crippen molar-refractivity contribution in [2.75, 3.05) is 39.8 Å². The van der Waals surface area contributed by atoms with Crippen LogP contribution in [0.3, 0.4) is 0 Å². The van der Waals surface area contributed by atoms with E-state index in [4.69, 9.17) is 9.84 Å². The van der Waals surface area contributed by atoms with E-state index in [0.717, 1.165) is 50.6 Å². The fourth-order valence-corrected chi connectivity index (χ4v) is 3.18. The normalized spacial score (nSPS) is 17.1. The molecule has 1 aliphatic heterocycles. The lowest BCUT2D eigenvalue weighted by Gasteiger charge is -2.18. The average Bonchev–Trinajstić information content (AvgIpc) is 2.66. The Hall–Kier alpha value is -1.02. The van der Waals surface area contributed by atoms with Gasteiger partial charge < -0.3 is 20.1 Å². The summed E-state index contributed by atoms with van der Waals surface area (Å²) >= 11 is 1.27. The zero-order chi connectivity index (χ0) is 14.4. The van der Waals surface area contributed by atoms with Crippen LogP contribution in [0.2, 0.25) is 0 Å². The lowest BCUT2D eigenvalue weighted by atomic mass is 10.3. The summed E-state index contributed by atoms with van der Waals surface area (Å²) in [7, 11) is 1.55. The van der Waals surface area contributed by atoms with Crippen molar-refractivity contribution in [2.24, 2.45) is 0 Å². The van der Waals surface area contributed by atoms with Gasteiger partial charge in [0.05, 0.1) is 17.3 Å². The van der Waals surface area contributed by atoms with Gasteiger partial charge in [0.2, 0.25) is 0 Å². The van der Waals surface area contributed by atoms with Crippen LogP contribution in [0.25, 0.3) is 0 Å². The molecule has 0 radical (unpaired) electrons. The van der Waals surface area contributed by atoms with Crippen LogP contribution in [-0.4, -0.2) is 60.8 Å². The van der Waals surface area contributed by atoms with Crippen LogP contribution in [0, 0.1) is 0 Å². The number of rotatable bonds is 6. The summed E-state index contributed by atoms with van der Waals surface area (Å²) in [5, 5.41) is 13.4. The number of hydrogen-bond acceptors (Lipinski definition) is 6. The summed E-state index contributed by atoms with van der Waals surface area (Å²) in [6.07, 6.45) is 1.96. The highest BCUT2D eigenvalue weighted by Crippen LogP contribution is 2.20. The minimum absolute atomic E-state index is 0.256. The summed E-state index contributed by atoms with van der Waals surface area (Å²) in [6.45, 7) is 5.42. The molecular formula is C13H21N3O3S. The van der Waals surface area contributed by atoms with E-state index in [0.29, 0.717) is 10.6 Å². The van der Waals surface area contributed by atoms with E-state index in [-0.39, 0.29) is 6.61 Å². The van der Waals surface area contributed by atoms with Crippen LogP contribution >= 0.6 is 11.3 Å². The second-order valence-electron chi connectivity index (χ2n) is 4.82. The number of carboxylic acids is 1. The van der Waals surface area contributed by atoms with Gasteiger partial charge in [-0.2, -0.15) is 0 Å². The molecule has 1 aliphatic rings. The van der Waals surface area contributed by atoms with Crippen molar-refractivity contribution >= 4 is 17.3 Å². The molecule has 1 saturated heterocycles. The number of thiazole rings is 1. The van der Waals surface area contributed by atoms with Crippen LogP contribution in [0.4, 0.5) is 0 Å². The Morgan fingerprint density at radius 2 is 2.35 bits per heavy atom. The van der Waals surface area contributed by atoms with Crippen molar-refractivity contribution in [1.82, 2.24) is 15.2 Å². The fourth-order valence-electron chi connectivity index (χ4n) is 2.29. The molecule has 2 N–H and O–H groups in total. The molecule has 2 heterocycles. The predicted molar refractivity (Wildman–Crippen MR) is 77.4 cm³/mol. The van der Waals surface area contributed by atoms with Gasteiger partial charge in [-0.3, -0.25) is 0 Å². The molecular weight excluding hydrogens is 278 g/mol. The van der Waals surface area contributed by atoms with Crippen LogP contribution in [0.5, 0.6) is 0 Å². The Morgan fingerprint density at radius 1 is 1.50 bits per heavy atom. The molecule has 6 nitrogen and oxygen atoms in total. The molecule has 0 bridgehead atoms. The molecule has 7 heteroatoms. The van der Waals surface area contributed by atoms with E-state index in [1.54, 1.807) is 7.11 Å². The Balaban J connectivity index is 1.94. The lowest BCUT2D eigenvalue weighted by Crippen LogP contribution is -2.30. The molecule has 0 aliphatic carbocycles. The molecule has 0 amide bonds. The number of carbonyl (C=O) groups is 1. The molecule has 112 valence electrons. The van der Waals surface area contributed by atoms with Gasteiger partial charge in [-0.1, -0.05) is 0 Å². The van der Waals surface area contributed by atoms with Gasteiger partial charge >= 0.3 is 5.97 Å². The van der Waals surface area contributed by atoms with Crippen LogP contribution < -0.4 is 5.32 Å². The summed E-state index contributed by atoms with van der Waals surface area (Å²) < 4.78 is 5.01. The number of carboxylic acid groups (broad SMARTS) is 1. The molecule has 1 aromatic rings. The molecule has 0 unspecified atom stereocenters. The van der Waals surface area contributed by atoms with Crippen molar-refractivity contribution in [1.29, 1.82) is 0 Å². The molecule has 20 heavy (non-hydrogen) atoms. The third-order valence-corrected chi connectivity index (χ3v) is 4.44. The minimum Gasteiger partial charge on any atom is -0.477 e. The summed E-state index contributed by atoms with van der Waals surface area (Å²) in [5.41, 5.74) is 0.539. The third-order valence-electron chi connectivity index (χ3n) is 3.29. The van der Waals surface area contributed by atoms with Gasteiger partial charge in [-0.05, 0) is 19.5 Å². The van der Waals surface area contributed by atoms with Gasteiger partial charge in [-0.15, -0.1) is 11.3 Å². The maximum atomic E-state index is 11.2. The summed E-state index contributed by atoms with van der Waals surface area (Å²) in [6, 6.07) is 0. The number of hydrogen-bond donors (Lipinski definition) is 2. The second kappa shape index (κ2) is 7.68. The summed E-state index contributed by atoms with van der Waals surface area (Å²) in [4.78, 5) is 18.3. The van der Waals surface area contributed by atoms with Gasteiger partial charge in [0, 0.05) is 33.2 Å². The van der Waals surface area contributed by atoms with E-state index in [9.17, 15) is 4.79 Å². The molecule has 0 atom stereocenters. The quantitative estimate of drug-likeness (QED) is 0.810. The number of nitrogens with zero attached hydrogens (tertiary/aromatic N) is 2. The van der Waals surface area contributed by atoms with Crippen LogP contribution in [0.1, 0.15) is 26.8 Å². The van der Waals surface area contributed by atoms with Crippen molar-refractivity contribution in [3.8, 4) is 0 Å². The molecule has 0 spiro atoms. The van der Waals surface area contributed by atoms with E-state index in [1.165, 1.54) is 11.3 Å². The first kappa shape index (κ1) is 15.4. The first-order chi connectivity index (χ1) is 9.70. The van der Waals surface area contributed by atoms with Crippen molar-refractivity contribution < 1.29 is 14.6 Å². The van der Waals surface area contributed by atoms with Crippen molar-refractivity contribution in [2.45, 2.75) is 19.4 Å². The Kier molecular flexibility index (Phi) is 5.90. The van der Waals surface area contributed by atoms with E-state index < -0.39 is 5.97 Å². The highest BCUT2D eigenvalue weighted by molar-refractivity contribution is 7.13. The van der Waals surface area contributed by atoms with Gasteiger partial charge in [-0.25, -0.2) is 9.78 Å². The number of methoxy groups -OCH3 is 1. The van der Waals surface area contributed by atoms with Gasteiger partial charge in [0.25, 0.3) is 0 Å². The number of ether oxygens (including phenoxy) is 1. The maximum Gasteiger partial charge on any atom is 0.347 e. The Bertz CT molecular complexity index is 442. The topological polar surface area (TPSA) is 74.7 Å². The van der Waals surface area contributed by atoms with Crippen LogP contribution in [-0.2, 0) is 17.8 Å². The Morgan fingerprint density at radius 3 is 3.10 bits per heavy atom. The van der Waals surface area contributed by atoms with Crippen molar-refractivity contribution in [3.63, 3.8) is 0 Å². The van der Waals surface area contributed by atoms with Gasteiger partial charge in [0.1, 0.15) is 4.88 Å². The zero-order valence-electron chi connectivity index (χ0n) is 11.7. The highest BCUT2D eigenvalue weighted by Gasteiger charge is 2.17. The standard InChI is InChI=1S/C13H21N3O3S/c1-19-9-10-12(13(17)18)20-11(15-10)3-7-16-6-2-4-14-5-8-16/h14H,2-9H2,1H3,(H,17,18). The molecule has 0 saturated carbocycles. The third kappa shape index (κ3) is 4.24. The van der Waals surface area contributed by atoms with E-state index in [1.807, 2.05) is 0 Å². The monoisotopic (exact) mass is 299 g/mol. The zero-order valence-corrected chi connectivity index (χ0v) is 12.5. The second-order valence-corrected chi connectivity index (χ2v) is 5.90. The van der Waals surface area contributed by atoms with E-state index in [2.05, 4.69) is 15.2 Å². The highest BCUT2D eigenvalue weighted by atomic mass is 32.1.